The van der Waals surface area contributed by atoms with Crippen LogP contribution in [0.25, 0.3) is 16.5 Å². The topological polar surface area (TPSA) is 16.4 Å². The number of allylic oxidation sites excluding steroid dienone is 3. The molecule has 0 amide bonds. The van der Waals surface area contributed by atoms with Crippen molar-refractivity contribution in [3.8, 4) is 0 Å². The molecule has 4 aromatic rings. The van der Waals surface area contributed by atoms with Gasteiger partial charge in [-0.15, -0.1) is 0 Å². The van der Waals surface area contributed by atoms with Gasteiger partial charge in [0.25, 0.3) is 0 Å². The number of fused-ring (bicyclic) bond motifs is 4. The fourth-order valence-corrected chi connectivity index (χ4v) is 7.67. The highest BCUT2D eigenvalue weighted by Gasteiger charge is 2.29. The van der Waals surface area contributed by atoms with Gasteiger partial charge in [0.2, 0.25) is 0 Å². The third-order valence-electron chi connectivity index (χ3n) is 7.24. The minimum Gasteiger partial charge on any atom is -0.455 e. The summed E-state index contributed by atoms with van der Waals surface area (Å²) in [5.41, 5.74) is 8.09. The Morgan fingerprint density at radius 1 is 1.00 bits per heavy atom. The van der Waals surface area contributed by atoms with Crippen molar-refractivity contribution in [2.24, 2.45) is 5.92 Å². The maximum Gasteiger partial charge on any atom is 0.147 e. The lowest BCUT2D eigenvalue weighted by atomic mass is 9.86. The van der Waals surface area contributed by atoms with Crippen LogP contribution in [0.5, 0.6) is 0 Å². The van der Waals surface area contributed by atoms with Gasteiger partial charge in [0, 0.05) is 36.9 Å². The van der Waals surface area contributed by atoms with Crippen LogP contribution in [0, 0.1) is 5.92 Å². The van der Waals surface area contributed by atoms with Crippen molar-refractivity contribution in [3.63, 3.8) is 0 Å². The molecule has 2 aliphatic rings. The van der Waals surface area contributed by atoms with Crippen molar-refractivity contribution in [1.29, 1.82) is 0 Å². The van der Waals surface area contributed by atoms with E-state index in [0.717, 1.165) is 39.7 Å². The molecular formula is C34H33NOS2. The van der Waals surface area contributed by atoms with Crippen molar-refractivity contribution in [2.45, 2.75) is 23.1 Å². The van der Waals surface area contributed by atoms with Crippen LogP contribution in [-0.4, -0.2) is 18.8 Å². The molecule has 4 heteroatoms. The highest BCUT2D eigenvalue weighted by Crippen LogP contribution is 2.52. The maximum absolute atomic E-state index is 6.73. The van der Waals surface area contributed by atoms with Crippen LogP contribution in [0.4, 0.5) is 11.4 Å². The van der Waals surface area contributed by atoms with E-state index in [2.05, 4.69) is 117 Å². The first-order valence-corrected chi connectivity index (χ1v) is 16.6. The molecule has 0 radical (unpaired) electrons. The molecule has 2 nitrogen and oxygen atoms in total. The third kappa shape index (κ3) is 4.16. The van der Waals surface area contributed by atoms with Gasteiger partial charge in [-0.05, 0) is 73.1 Å². The number of rotatable bonds is 4. The SMILES string of the molecule is C=C/C=C1\C(=C)Sc2ccccc2N1c1ccc(C2=CC(C)Cc3c2oc2c(S(C)(C)C)cccc32)cc1. The largest absolute Gasteiger partial charge is 0.455 e. The molecule has 0 saturated heterocycles. The Morgan fingerprint density at radius 3 is 2.50 bits per heavy atom. The van der Waals surface area contributed by atoms with E-state index < -0.39 is 10.0 Å². The number of benzene rings is 3. The maximum atomic E-state index is 6.73. The molecule has 2 heterocycles. The van der Waals surface area contributed by atoms with Gasteiger partial charge in [-0.3, -0.25) is 0 Å². The lowest BCUT2D eigenvalue weighted by molar-refractivity contribution is 0.573. The predicted molar refractivity (Wildman–Crippen MR) is 168 cm³/mol. The fourth-order valence-electron chi connectivity index (χ4n) is 5.53. The number of nitrogens with zero attached hydrogens (tertiary/aromatic N) is 1. The second-order valence-electron chi connectivity index (χ2n) is 10.8. The van der Waals surface area contributed by atoms with Crippen LogP contribution >= 0.6 is 21.8 Å². The molecule has 1 atom stereocenters. The molecule has 3 aromatic carbocycles. The minimum atomic E-state index is -0.921. The summed E-state index contributed by atoms with van der Waals surface area (Å²) in [6.07, 6.45) is 14.3. The monoisotopic (exact) mass is 535 g/mol. The molecule has 6 rings (SSSR count). The molecule has 38 heavy (non-hydrogen) atoms. The molecule has 1 aliphatic heterocycles. The van der Waals surface area contributed by atoms with E-state index >= 15 is 0 Å². The van der Waals surface area contributed by atoms with Crippen molar-refractivity contribution in [3.05, 3.63) is 126 Å². The number of para-hydroxylation sites is 2. The second kappa shape index (κ2) is 9.44. The normalized spacial score (nSPS) is 18.8. The van der Waals surface area contributed by atoms with Crippen LogP contribution in [0.1, 0.15) is 23.8 Å². The first kappa shape index (κ1) is 25.0. The first-order valence-electron chi connectivity index (χ1n) is 12.9. The summed E-state index contributed by atoms with van der Waals surface area (Å²) in [5, 5.41) is 1.27. The molecular weight excluding hydrogens is 503 g/mol. The highest BCUT2D eigenvalue weighted by atomic mass is 32.3. The van der Waals surface area contributed by atoms with Crippen molar-refractivity contribution >= 4 is 49.7 Å². The fraction of sp³-hybridized carbons (Fsp3) is 0.176. The van der Waals surface area contributed by atoms with E-state index in [1.807, 2.05) is 12.2 Å². The van der Waals surface area contributed by atoms with Crippen LogP contribution in [0.2, 0.25) is 0 Å². The average molecular weight is 536 g/mol. The van der Waals surface area contributed by atoms with Crippen LogP contribution in [-0.2, 0) is 6.42 Å². The Balaban J connectivity index is 1.45. The Morgan fingerprint density at radius 2 is 1.76 bits per heavy atom. The Bertz CT molecular complexity index is 1650. The van der Waals surface area contributed by atoms with E-state index in [-0.39, 0.29) is 0 Å². The standard InChI is InChI=1S/C34H33NOS2/c1-7-11-29-23(3)37-31-14-9-8-13-30(31)35(29)25-18-16-24(17-19-25)27-20-22(2)21-28-26-12-10-15-32(38(4,5)6)34(26)36-33(27)28/h7-20,22H,1,3,21H2,2,4-6H3/b29-11+. The van der Waals surface area contributed by atoms with E-state index in [9.17, 15) is 0 Å². The quantitative estimate of drug-likeness (QED) is 0.259. The van der Waals surface area contributed by atoms with Crippen LogP contribution in [0.15, 0.2) is 123 Å². The molecule has 0 fully saturated rings. The van der Waals surface area contributed by atoms with Gasteiger partial charge in [0.15, 0.2) is 0 Å². The predicted octanol–water partition coefficient (Wildman–Crippen LogP) is 9.94. The van der Waals surface area contributed by atoms with E-state index in [4.69, 9.17) is 4.42 Å². The van der Waals surface area contributed by atoms with Gasteiger partial charge in [0.1, 0.15) is 11.3 Å². The lowest BCUT2D eigenvalue weighted by Gasteiger charge is -2.34. The van der Waals surface area contributed by atoms with Gasteiger partial charge in [0.05, 0.1) is 11.4 Å². The summed E-state index contributed by atoms with van der Waals surface area (Å²) >= 11 is 1.71. The van der Waals surface area contributed by atoms with Crippen molar-refractivity contribution in [1.82, 2.24) is 0 Å². The summed E-state index contributed by atoms with van der Waals surface area (Å²) in [4.78, 5) is 5.84. The van der Waals surface area contributed by atoms with Crippen molar-refractivity contribution in [2.75, 3.05) is 23.7 Å². The van der Waals surface area contributed by atoms with E-state index in [1.54, 1.807) is 11.8 Å². The number of furan rings is 1. The zero-order valence-electron chi connectivity index (χ0n) is 22.5. The minimum absolute atomic E-state index is 0.445. The molecule has 0 saturated carbocycles. The highest BCUT2D eigenvalue weighted by molar-refractivity contribution is 8.32. The van der Waals surface area contributed by atoms with Gasteiger partial charge in [-0.25, -0.2) is 10.0 Å². The van der Waals surface area contributed by atoms with Crippen LogP contribution < -0.4 is 4.90 Å². The van der Waals surface area contributed by atoms with Gasteiger partial charge < -0.3 is 9.32 Å². The molecule has 1 aromatic heterocycles. The summed E-state index contributed by atoms with van der Waals surface area (Å²) in [6, 6.07) is 24.0. The number of thioether (sulfide) groups is 1. The Labute approximate surface area is 231 Å². The zero-order chi connectivity index (χ0) is 26.6. The van der Waals surface area contributed by atoms with E-state index in [1.165, 1.54) is 31.9 Å². The summed E-state index contributed by atoms with van der Waals surface area (Å²) < 4.78 is 6.73. The Kier molecular flexibility index (Phi) is 6.20. The number of hydrogen-bond donors (Lipinski definition) is 0. The van der Waals surface area contributed by atoms with E-state index in [0.29, 0.717) is 5.92 Å². The molecule has 192 valence electrons. The number of hydrogen-bond acceptors (Lipinski definition) is 3. The van der Waals surface area contributed by atoms with Crippen molar-refractivity contribution < 1.29 is 4.42 Å². The number of anilines is 2. The average Bonchev–Trinajstić information content (AvgIpc) is 3.27. The van der Waals surface area contributed by atoms with Crippen LogP contribution in [0.3, 0.4) is 0 Å². The Hall–Kier alpha value is -3.34. The molecule has 0 N–H and O–H groups in total. The first-order chi connectivity index (χ1) is 18.3. The smallest absolute Gasteiger partial charge is 0.147 e. The molecule has 1 aliphatic carbocycles. The zero-order valence-corrected chi connectivity index (χ0v) is 24.1. The van der Waals surface area contributed by atoms with Gasteiger partial charge in [-0.1, -0.05) is 80.4 Å². The summed E-state index contributed by atoms with van der Waals surface area (Å²) in [5.74, 6) is 1.47. The van der Waals surface area contributed by atoms with Gasteiger partial charge >= 0.3 is 0 Å². The molecule has 0 spiro atoms. The lowest BCUT2D eigenvalue weighted by Crippen LogP contribution is -2.20. The second-order valence-corrected chi connectivity index (χ2v) is 16.1. The summed E-state index contributed by atoms with van der Waals surface area (Å²) in [7, 11) is -0.921. The molecule has 1 unspecified atom stereocenters. The third-order valence-corrected chi connectivity index (χ3v) is 9.90. The summed E-state index contributed by atoms with van der Waals surface area (Å²) in [6.45, 7) is 10.6. The molecule has 0 bridgehead atoms. The van der Waals surface area contributed by atoms with Gasteiger partial charge in [-0.2, -0.15) is 0 Å².